The van der Waals surface area contributed by atoms with E-state index in [2.05, 4.69) is 26.3 Å². The first-order valence-corrected chi connectivity index (χ1v) is 9.23. The Balaban J connectivity index is 1.52. The molecule has 1 aliphatic rings. The smallest absolute Gasteiger partial charge is 0.247 e. The van der Waals surface area contributed by atoms with Crippen LogP contribution in [-0.2, 0) is 18.3 Å². The van der Waals surface area contributed by atoms with Crippen LogP contribution >= 0.6 is 0 Å². The van der Waals surface area contributed by atoms with Crippen LogP contribution in [0.1, 0.15) is 23.2 Å². The van der Waals surface area contributed by atoms with E-state index in [0.29, 0.717) is 24.3 Å². The Kier molecular flexibility index (Phi) is 5.05. The summed E-state index contributed by atoms with van der Waals surface area (Å²) in [5.41, 5.74) is 3.20. The fourth-order valence-electron chi connectivity index (χ4n) is 3.88. The van der Waals surface area contributed by atoms with Gasteiger partial charge in [-0.15, -0.1) is 10.2 Å². The molecule has 3 heterocycles. The molecule has 0 unspecified atom stereocenters. The van der Waals surface area contributed by atoms with Crippen LogP contribution in [0.25, 0.3) is 11.5 Å². The lowest BCUT2D eigenvalue weighted by molar-refractivity contribution is 0.143. The minimum atomic E-state index is 0.171. The van der Waals surface area contributed by atoms with Gasteiger partial charge in [-0.05, 0) is 25.1 Å². The average molecular weight is 367 g/mol. The number of aromatic nitrogens is 4. The molecule has 7 nitrogen and oxygen atoms in total. The van der Waals surface area contributed by atoms with Crippen molar-refractivity contribution in [1.29, 1.82) is 0 Å². The van der Waals surface area contributed by atoms with Crippen LogP contribution in [0, 0.1) is 12.8 Å². The molecule has 0 N–H and O–H groups in total. The van der Waals surface area contributed by atoms with Gasteiger partial charge in [-0.1, -0.05) is 18.2 Å². The molecule has 1 saturated heterocycles. The van der Waals surface area contributed by atoms with Crippen molar-refractivity contribution in [2.45, 2.75) is 19.4 Å². The zero-order chi connectivity index (χ0) is 18.8. The average Bonchev–Trinajstić information content (AvgIpc) is 3.36. The number of likely N-dealkylation sites (tertiary alicyclic amines) is 1. The summed E-state index contributed by atoms with van der Waals surface area (Å²) in [6, 6.07) is 12.0. The summed E-state index contributed by atoms with van der Waals surface area (Å²) in [6.45, 7) is 5.36. The first kappa shape index (κ1) is 17.9. The fraction of sp³-hybridized carbons (Fsp3) is 0.450. The van der Waals surface area contributed by atoms with E-state index in [0.717, 1.165) is 30.9 Å². The second-order valence-corrected chi connectivity index (χ2v) is 7.23. The van der Waals surface area contributed by atoms with Crippen LogP contribution in [0.15, 0.2) is 40.8 Å². The molecule has 0 radical (unpaired) electrons. The quantitative estimate of drug-likeness (QED) is 0.667. The second kappa shape index (κ2) is 7.62. The summed E-state index contributed by atoms with van der Waals surface area (Å²) in [5.74, 6) is 1.76. The van der Waals surface area contributed by atoms with Crippen LogP contribution in [0.5, 0.6) is 0 Å². The zero-order valence-corrected chi connectivity index (χ0v) is 16.0. The minimum absolute atomic E-state index is 0.171. The number of hydrogen-bond donors (Lipinski definition) is 0. The maximum atomic E-state index is 6.03. The van der Waals surface area contributed by atoms with E-state index in [1.807, 2.05) is 49.0 Å². The van der Waals surface area contributed by atoms with Crippen molar-refractivity contribution in [2.75, 3.05) is 26.8 Å². The summed E-state index contributed by atoms with van der Waals surface area (Å²) >= 11 is 0. The monoisotopic (exact) mass is 367 g/mol. The molecular formula is C20H25N5O2. The van der Waals surface area contributed by atoms with Gasteiger partial charge in [0.1, 0.15) is 0 Å². The van der Waals surface area contributed by atoms with E-state index in [9.17, 15) is 0 Å². The van der Waals surface area contributed by atoms with E-state index < -0.39 is 0 Å². The third kappa shape index (κ3) is 3.79. The highest BCUT2D eigenvalue weighted by molar-refractivity contribution is 5.51. The second-order valence-electron chi connectivity index (χ2n) is 7.23. The highest BCUT2D eigenvalue weighted by Crippen LogP contribution is 2.34. The number of methoxy groups -OCH3 is 1. The van der Waals surface area contributed by atoms with Crippen molar-refractivity contribution in [1.82, 2.24) is 24.9 Å². The van der Waals surface area contributed by atoms with Crippen molar-refractivity contribution < 1.29 is 9.15 Å². The molecular weight excluding hydrogens is 342 g/mol. The van der Waals surface area contributed by atoms with Gasteiger partial charge in [0.25, 0.3) is 0 Å². The molecule has 0 bridgehead atoms. The lowest BCUT2D eigenvalue weighted by atomic mass is 9.97. The van der Waals surface area contributed by atoms with Crippen molar-refractivity contribution in [3.63, 3.8) is 0 Å². The maximum Gasteiger partial charge on any atom is 0.247 e. The van der Waals surface area contributed by atoms with Crippen LogP contribution in [0.2, 0.25) is 0 Å². The number of rotatable bonds is 6. The molecule has 3 aromatic rings. The lowest BCUT2D eigenvalue weighted by Crippen LogP contribution is -2.22. The number of hydrogen-bond acceptors (Lipinski definition) is 6. The van der Waals surface area contributed by atoms with Gasteiger partial charge in [-0.25, -0.2) is 0 Å². The Morgan fingerprint density at radius 3 is 2.70 bits per heavy atom. The molecule has 0 saturated carbocycles. The molecule has 4 rings (SSSR count). The Morgan fingerprint density at radius 1 is 1.19 bits per heavy atom. The standard InChI is InChI=1S/C20H25N5O2/c1-14-9-17(24(2)23-14)11-25-10-16(13-26-3)18(12-25)20-22-21-19(27-20)15-7-5-4-6-8-15/h4-9,16,18H,10-13H2,1-3H3/t16-,18+/m0/s1. The van der Waals surface area contributed by atoms with Gasteiger partial charge in [-0.3, -0.25) is 9.58 Å². The van der Waals surface area contributed by atoms with E-state index in [1.54, 1.807) is 7.11 Å². The molecule has 7 heteroatoms. The maximum absolute atomic E-state index is 6.03. The van der Waals surface area contributed by atoms with Gasteiger partial charge in [0, 0.05) is 45.3 Å². The summed E-state index contributed by atoms with van der Waals surface area (Å²) in [4.78, 5) is 2.41. The fourth-order valence-corrected chi connectivity index (χ4v) is 3.88. The van der Waals surface area contributed by atoms with Gasteiger partial charge in [0.05, 0.1) is 23.9 Å². The van der Waals surface area contributed by atoms with Gasteiger partial charge in [0.15, 0.2) is 0 Å². The first-order chi connectivity index (χ1) is 13.1. The van der Waals surface area contributed by atoms with Gasteiger partial charge >= 0.3 is 0 Å². The normalized spacial score (nSPS) is 20.4. The Morgan fingerprint density at radius 2 is 2.00 bits per heavy atom. The predicted molar refractivity (Wildman–Crippen MR) is 101 cm³/mol. The van der Waals surface area contributed by atoms with Crippen molar-refractivity contribution in [3.8, 4) is 11.5 Å². The number of aryl methyl sites for hydroxylation is 2. The minimum Gasteiger partial charge on any atom is -0.420 e. The van der Waals surface area contributed by atoms with Gasteiger partial charge < -0.3 is 9.15 Å². The van der Waals surface area contributed by atoms with E-state index >= 15 is 0 Å². The first-order valence-electron chi connectivity index (χ1n) is 9.23. The SMILES string of the molecule is COC[C@@H]1CN(Cc2cc(C)nn2C)C[C@H]1c1nnc(-c2ccccc2)o1. The van der Waals surface area contributed by atoms with Crippen molar-refractivity contribution in [2.24, 2.45) is 13.0 Å². The molecule has 27 heavy (non-hydrogen) atoms. The summed E-state index contributed by atoms with van der Waals surface area (Å²) in [7, 11) is 3.74. The molecule has 0 spiro atoms. The number of ether oxygens (including phenoxy) is 1. The zero-order valence-electron chi connectivity index (χ0n) is 16.0. The molecule has 0 aliphatic carbocycles. The highest BCUT2D eigenvalue weighted by atomic mass is 16.5. The van der Waals surface area contributed by atoms with E-state index in [-0.39, 0.29) is 5.92 Å². The molecule has 0 amide bonds. The topological polar surface area (TPSA) is 69.2 Å². The van der Waals surface area contributed by atoms with Crippen molar-refractivity contribution >= 4 is 0 Å². The van der Waals surface area contributed by atoms with E-state index in [4.69, 9.17) is 9.15 Å². The molecule has 1 aromatic carbocycles. The molecule has 142 valence electrons. The predicted octanol–water partition coefficient (Wildman–Crippen LogP) is 2.64. The summed E-state index contributed by atoms with van der Waals surface area (Å²) < 4.78 is 13.4. The van der Waals surface area contributed by atoms with Crippen LogP contribution < -0.4 is 0 Å². The third-order valence-electron chi connectivity index (χ3n) is 5.16. The molecule has 1 aliphatic heterocycles. The Bertz CT molecular complexity index is 889. The Hall–Kier alpha value is -2.51. The highest BCUT2D eigenvalue weighted by Gasteiger charge is 2.37. The van der Waals surface area contributed by atoms with Crippen LogP contribution in [-0.4, -0.2) is 51.7 Å². The van der Waals surface area contributed by atoms with Gasteiger partial charge in [0.2, 0.25) is 11.8 Å². The van der Waals surface area contributed by atoms with Crippen molar-refractivity contribution in [3.05, 3.63) is 53.7 Å². The molecule has 2 atom stereocenters. The summed E-state index contributed by atoms with van der Waals surface area (Å²) in [5, 5.41) is 13.1. The largest absolute Gasteiger partial charge is 0.420 e. The van der Waals surface area contributed by atoms with E-state index in [1.165, 1.54) is 5.69 Å². The van der Waals surface area contributed by atoms with Crippen LogP contribution in [0.3, 0.4) is 0 Å². The Labute approximate surface area is 159 Å². The number of nitrogens with zero attached hydrogens (tertiary/aromatic N) is 5. The van der Waals surface area contributed by atoms with Gasteiger partial charge in [-0.2, -0.15) is 5.10 Å². The third-order valence-corrected chi connectivity index (χ3v) is 5.16. The summed E-state index contributed by atoms with van der Waals surface area (Å²) in [6.07, 6.45) is 0. The number of benzene rings is 1. The molecule has 2 aromatic heterocycles. The lowest BCUT2D eigenvalue weighted by Gasteiger charge is -2.15. The molecule has 1 fully saturated rings. The van der Waals surface area contributed by atoms with Crippen LogP contribution in [0.4, 0.5) is 0 Å².